The molecule has 0 amide bonds. The van der Waals surface area contributed by atoms with E-state index in [2.05, 4.69) is 49.9 Å². The third-order valence-corrected chi connectivity index (χ3v) is 3.83. The van der Waals surface area contributed by atoms with Gasteiger partial charge < -0.3 is 5.32 Å². The zero-order chi connectivity index (χ0) is 13.9. The highest BCUT2D eigenvalue weighted by atomic mass is 35.5. The molecule has 0 spiro atoms. The van der Waals surface area contributed by atoms with Gasteiger partial charge in [0, 0.05) is 19.6 Å². The molecule has 0 aliphatic carbocycles. The third-order valence-electron chi connectivity index (χ3n) is 3.49. The van der Waals surface area contributed by atoms with E-state index in [1.54, 1.807) is 0 Å². The average Bonchev–Trinajstić information content (AvgIpc) is 2.29. The summed E-state index contributed by atoms with van der Waals surface area (Å²) in [6.07, 6.45) is 0. The Bertz CT molecular complexity index is 399. The van der Waals surface area contributed by atoms with E-state index in [0.29, 0.717) is 6.04 Å². The molecule has 0 radical (unpaired) electrons. The second kappa shape index (κ2) is 5.89. The summed E-state index contributed by atoms with van der Waals surface area (Å²) >= 11 is 6.20. The topological polar surface area (TPSA) is 28.2 Å². The molecular formula is C14H24ClN3. The number of hydrogen-bond donors (Lipinski definition) is 1. The number of nitrogens with one attached hydrogen (secondary N) is 1. The fourth-order valence-corrected chi connectivity index (χ4v) is 1.93. The van der Waals surface area contributed by atoms with Crippen molar-refractivity contribution in [2.45, 2.75) is 40.3 Å². The van der Waals surface area contributed by atoms with Gasteiger partial charge in [0.05, 0.1) is 10.7 Å². The Hall–Kier alpha value is -0.800. The monoisotopic (exact) mass is 269 g/mol. The average molecular weight is 270 g/mol. The molecule has 3 nitrogen and oxygen atoms in total. The van der Waals surface area contributed by atoms with Crippen molar-refractivity contribution in [3.63, 3.8) is 0 Å². The van der Waals surface area contributed by atoms with Gasteiger partial charge in [-0.1, -0.05) is 32.4 Å². The summed E-state index contributed by atoms with van der Waals surface area (Å²) in [7, 11) is 3.97. The van der Waals surface area contributed by atoms with Crippen molar-refractivity contribution in [1.29, 1.82) is 0 Å². The first-order valence-corrected chi connectivity index (χ1v) is 6.67. The van der Waals surface area contributed by atoms with Crippen molar-refractivity contribution >= 4 is 17.4 Å². The number of nitrogens with zero attached hydrogens (tertiary/aromatic N) is 2. The highest BCUT2D eigenvalue weighted by Gasteiger charge is 2.24. The molecule has 1 unspecified atom stereocenters. The summed E-state index contributed by atoms with van der Waals surface area (Å²) in [5.41, 5.74) is 1.16. The molecule has 0 aliphatic heterocycles. The molecule has 1 heterocycles. The maximum absolute atomic E-state index is 6.20. The molecule has 102 valence electrons. The quantitative estimate of drug-likeness (QED) is 0.905. The number of rotatable bonds is 4. The van der Waals surface area contributed by atoms with E-state index in [-0.39, 0.29) is 5.41 Å². The van der Waals surface area contributed by atoms with Gasteiger partial charge in [-0.25, -0.2) is 4.98 Å². The van der Waals surface area contributed by atoms with Crippen LogP contribution in [-0.4, -0.2) is 30.0 Å². The molecule has 0 saturated heterocycles. The van der Waals surface area contributed by atoms with Gasteiger partial charge in [0.25, 0.3) is 0 Å². The van der Waals surface area contributed by atoms with Crippen LogP contribution in [0.3, 0.4) is 0 Å². The Kier molecular flexibility index (Phi) is 5.00. The van der Waals surface area contributed by atoms with Gasteiger partial charge in [-0.15, -0.1) is 0 Å². The molecule has 0 saturated carbocycles. The van der Waals surface area contributed by atoms with Crippen molar-refractivity contribution in [3.05, 3.63) is 22.8 Å². The smallest absolute Gasteiger partial charge is 0.126 e. The van der Waals surface area contributed by atoms with E-state index >= 15 is 0 Å². The molecule has 1 N–H and O–H groups in total. The SMILES string of the molecule is CNc1ccc(Cl)c(CN(C)C(C)C(C)(C)C)n1. The predicted octanol–water partition coefficient (Wildman–Crippen LogP) is 3.64. The van der Waals surface area contributed by atoms with E-state index in [9.17, 15) is 0 Å². The Balaban J connectivity index is 2.84. The van der Waals surface area contributed by atoms with Gasteiger partial charge in [-0.3, -0.25) is 4.90 Å². The summed E-state index contributed by atoms with van der Waals surface area (Å²) in [4.78, 5) is 6.80. The number of hydrogen-bond acceptors (Lipinski definition) is 3. The maximum atomic E-state index is 6.20. The summed E-state index contributed by atoms with van der Waals surface area (Å²) in [6, 6.07) is 4.23. The Morgan fingerprint density at radius 2 is 2.00 bits per heavy atom. The molecule has 18 heavy (non-hydrogen) atoms. The van der Waals surface area contributed by atoms with Crippen molar-refractivity contribution in [2.24, 2.45) is 5.41 Å². The van der Waals surface area contributed by atoms with Crippen LogP contribution in [-0.2, 0) is 6.54 Å². The van der Waals surface area contributed by atoms with E-state index < -0.39 is 0 Å². The minimum Gasteiger partial charge on any atom is -0.373 e. The van der Waals surface area contributed by atoms with Crippen LogP contribution in [0, 0.1) is 5.41 Å². The minimum atomic E-state index is 0.238. The zero-order valence-electron chi connectivity index (χ0n) is 12.2. The summed E-state index contributed by atoms with van der Waals surface area (Å²) in [5.74, 6) is 0.853. The largest absolute Gasteiger partial charge is 0.373 e. The Labute approximate surface area is 116 Å². The van der Waals surface area contributed by atoms with Crippen molar-refractivity contribution in [3.8, 4) is 0 Å². The number of halogens is 1. The number of aromatic nitrogens is 1. The number of pyridine rings is 1. The molecule has 0 aliphatic rings. The van der Waals surface area contributed by atoms with Crippen LogP contribution in [0.15, 0.2) is 12.1 Å². The Morgan fingerprint density at radius 3 is 2.50 bits per heavy atom. The molecule has 1 aromatic heterocycles. The van der Waals surface area contributed by atoms with E-state index in [1.807, 2.05) is 19.2 Å². The molecule has 1 rings (SSSR count). The first kappa shape index (κ1) is 15.3. The zero-order valence-corrected chi connectivity index (χ0v) is 13.0. The van der Waals surface area contributed by atoms with Crippen LogP contribution < -0.4 is 5.32 Å². The molecule has 4 heteroatoms. The van der Waals surface area contributed by atoms with Gasteiger partial charge in [0.2, 0.25) is 0 Å². The first-order chi connectivity index (χ1) is 8.25. The standard InChI is InChI=1S/C14H24ClN3/c1-10(14(2,3)4)18(6)9-12-11(15)7-8-13(16-5)17-12/h7-8,10H,9H2,1-6H3,(H,16,17). The molecule has 0 aromatic carbocycles. The lowest BCUT2D eigenvalue weighted by molar-refractivity contribution is 0.133. The Morgan fingerprint density at radius 1 is 1.39 bits per heavy atom. The van der Waals surface area contributed by atoms with Crippen LogP contribution in [0.25, 0.3) is 0 Å². The van der Waals surface area contributed by atoms with Gasteiger partial charge in [-0.05, 0) is 31.5 Å². The molecule has 1 aromatic rings. The first-order valence-electron chi connectivity index (χ1n) is 6.29. The summed E-state index contributed by atoms with van der Waals surface area (Å²) in [6.45, 7) is 9.72. The fourth-order valence-electron chi connectivity index (χ4n) is 1.77. The molecule has 1 atom stereocenters. The summed E-state index contributed by atoms with van der Waals surface area (Å²) < 4.78 is 0. The second-order valence-corrected chi connectivity index (χ2v) is 6.24. The van der Waals surface area contributed by atoms with E-state index in [4.69, 9.17) is 11.6 Å². The second-order valence-electron chi connectivity index (χ2n) is 5.83. The van der Waals surface area contributed by atoms with Crippen LogP contribution in [0.5, 0.6) is 0 Å². The van der Waals surface area contributed by atoms with Crippen molar-refractivity contribution < 1.29 is 0 Å². The third kappa shape index (κ3) is 3.85. The van der Waals surface area contributed by atoms with Crippen LogP contribution in [0.1, 0.15) is 33.4 Å². The van der Waals surface area contributed by atoms with Crippen molar-refractivity contribution in [1.82, 2.24) is 9.88 Å². The highest BCUT2D eigenvalue weighted by Crippen LogP contribution is 2.25. The fraction of sp³-hybridized carbons (Fsp3) is 0.643. The summed E-state index contributed by atoms with van der Waals surface area (Å²) in [5, 5.41) is 3.76. The van der Waals surface area contributed by atoms with Crippen LogP contribution >= 0.6 is 11.6 Å². The lowest BCUT2D eigenvalue weighted by atomic mass is 9.87. The predicted molar refractivity (Wildman–Crippen MR) is 79.2 cm³/mol. The van der Waals surface area contributed by atoms with Crippen molar-refractivity contribution in [2.75, 3.05) is 19.4 Å². The van der Waals surface area contributed by atoms with Gasteiger partial charge in [0.15, 0.2) is 0 Å². The van der Waals surface area contributed by atoms with Gasteiger partial charge in [-0.2, -0.15) is 0 Å². The van der Waals surface area contributed by atoms with Crippen LogP contribution in [0.2, 0.25) is 5.02 Å². The van der Waals surface area contributed by atoms with E-state index in [0.717, 1.165) is 23.1 Å². The molecule has 0 fully saturated rings. The van der Waals surface area contributed by atoms with Gasteiger partial charge >= 0.3 is 0 Å². The molecular weight excluding hydrogens is 246 g/mol. The number of anilines is 1. The minimum absolute atomic E-state index is 0.238. The maximum Gasteiger partial charge on any atom is 0.126 e. The normalized spacial score (nSPS) is 13.8. The lowest BCUT2D eigenvalue weighted by Gasteiger charge is -2.35. The van der Waals surface area contributed by atoms with Gasteiger partial charge in [0.1, 0.15) is 5.82 Å². The van der Waals surface area contributed by atoms with E-state index in [1.165, 1.54) is 0 Å². The lowest BCUT2D eigenvalue weighted by Crippen LogP contribution is -2.39. The van der Waals surface area contributed by atoms with Crippen LogP contribution in [0.4, 0.5) is 5.82 Å². The highest BCUT2D eigenvalue weighted by molar-refractivity contribution is 6.31. The molecule has 0 bridgehead atoms.